The minimum atomic E-state index is -0.939. The van der Waals surface area contributed by atoms with Crippen LogP contribution in [0.3, 0.4) is 0 Å². The van der Waals surface area contributed by atoms with Gasteiger partial charge in [-0.2, -0.15) is 0 Å². The number of hydrogen-bond acceptors (Lipinski definition) is 7. The van der Waals surface area contributed by atoms with E-state index in [1.165, 1.54) is 7.11 Å². The molecular formula is C13H14N2O5S. The molecule has 0 aliphatic rings. The molecule has 0 saturated carbocycles. The number of carbonyl (C=O) groups is 1. The standard InChI is InChI=1S/C13H14N2O5S/c1-7(12(16)17)21-13-15-14-11(20-13)8-4-5-9(18-2)10(6-8)19-3/h4-7H,1-3H3,(H,16,17). The monoisotopic (exact) mass is 310 g/mol. The number of hydrogen-bond donors (Lipinski definition) is 1. The van der Waals surface area contributed by atoms with Crippen molar-refractivity contribution in [3.63, 3.8) is 0 Å². The zero-order valence-electron chi connectivity index (χ0n) is 11.7. The lowest BCUT2D eigenvalue weighted by Gasteiger charge is -2.07. The van der Waals surface area contributed by atoms with E-state index < -0.39 is 11.2 Å². The largest absolute Gasteiger partial charge is 0.493 e. The Labute approximate surface area is 125 Å². The minimum Gasteiger partial charge on any atom is -0.493 e. The SMILES string of the molecule is COc1ccc(-c2nnc(SC(C)C(=O)O)o2)cc1OC. The predicted molar refractivity (Wildman–Crippen MR) is 75.8 cm³/mol. The van der Waals surface area contributed by atoms with E-state index in [2.05, 4.69) is 10.2 Å². The number of benzene rings is 1. The highest BCUT2D eigenvalue weighted by Crippen LogP contribution is 2.33. The molecule has 0 saturated heterocycles. The molecule has 2 aromatic rings. The smallest absolute Gasteiger partial charge is 0.316 e. The quantitative estimate of drug-likeness (QED) is 0.812. The zero-order chi connectivity index (χ0) is 15.4. The molecule has 1 N–H and O–H groups in total. The van der Waals surface area contributed by atoms with Crippen LogP contribution in [0, 0.1) is 0 Å². The summed E-state index contributed by atoms with van der Waals surface area (Å²) < 4.78 is 15.8. The molecule has 0 aliphatic heterocycles. The first kappa shape index (κ1) is 15.2. The van der Waals surface area contributed by atoms with Crippen LogP contribution in [0.25, 0.3) is 11.5 Å². The third-order valence-electron chi connectivity index (χ3n) is 2.66. The van der Waals surface area contributed by atoms with E-state index in [-0.39, 0.29) is 11.1 Å². The first-order chi connectivity index (χ1) is 10.0. The molecule has 1 aromatic heterocycles. The average molecular weight is 310 g/mol. The van der Waals surface area contributed by atoms with E-state index in [4.69, 9.17) is 19.0 Å². The van der Waals surface area contributed by atoms with E-state index in [9.17, 15) is 4.79 Å². The molecule has 1 aromatic carbocycles. The van der Waals surface area contributed by atoms with Gasteiger partial charge in [0, 0.05) is 5.56 Å². The molecule has 112 valence electrons. The van der Waals surface area contributed by atoms with Crippen LogP contribution in [0.1, 0.15) is 6.92 Å². The molecule has 8 heteroatoms. The maximum absolute atomic E-state index is 10.8. The molecule has 0 bridgehead atoms. The number of carboxylic acids is 1. The molecular weight excluding hydrogens is 296 g/mol. The number of thioether (sulfide) groups is 1. The minimum absolute atomic E-state index is 0.203. The number of aromatic nitrogens is 2. The van der Waals surface area contributed by atoms with Crippen molar-refractivity contribution in [2.45, 2.75) is 17.4 Å². The van der Waals surface area contributed by atoms with Gasteiger partial charge in [-0.15, -0.1) is 10.2 Å². The maximum atomic E-state index is 10.8. The first-order valence-corrected chi connectivity index (χ1v) is 6.88. The van der Waals surface area contributed by atoms with Gasteiger partial charge in [-0.05, 0) is 25.1 Å². The van der Waals surface area contributed by atoms with Crippen molar-refractivity contribution in [1.29, 1.82) is 0 Å². The molecule has 21 heavy (non-hydrogen) atoms. The predicted octanol–water partition coefficient (Wildman–Crippen LogP) is 2.32. The Morgan fingerprint density at radius 3 is 2.62 bits per heavy atom. The van der Waals surface area contributed by atoms with Gasteiger partial charge in [-0.25, -0.2) is 0 Å². The van der Waals surface area contributed by atoms with Gasteiger partial charge in [0.2, 0.25) is 5.89 Å². The molecule has 0 aliphatic carbocycles. The molecule has 0 spiro atoms. The van der Waals surface area contributed by atoms with Crippen LogP contribution in [0.15, 0.2) is 27.8 Å². The number of rotatable bonds is 6. The van der Waals surface area contributed by atoms with Crippen molar-refractivity contribution in [1.82, 2.24) is 10.2 Å². The second-order valence-electron chi connectivity index (χ2n) is 4.04. The summed E-state index contributed by atoms with van der Waals surface area (Å²) in [5, 5.41) is 16.1. The molecule has 1 atom stereocenters. The highest BCUT2D eigenvalue weighted by atomic mass is 32.2. The number of ether oxygens (including phenoxy) is 2. The summed E-state index contributed by atoms with van der Waals surface area (Å²) in [7, 11) is 3.08. The molecule has 1 heterocycles. The van der Waals surface area contributed by atoms with Crippen LogP contribution < -0.4 is 9.47 Å². The van der Waals surface area contributed by atoms with Crippen molar-refractivity contribution in [2.24, 2.45) is 0 Å². The van der Waals surface area contributed by atoms with E-state index in [1.807, 2.05) is 0 Å². The summed E-state index contributed by atoms with van der Waals surface area (Å²) in [6.45, 7) is 1.55. The number of methoxy groups -OCH3 is 2. The van der Waals surface area contributed by atoms with E-state index >= 15 is 0 Å². The van der Waals surface area contributed by atoms with Crippen LogP contribution >= 0.6 is 11.8 Å². The van der Waals surface area contributed by atoms with Gasteiger partial charge in [-0.3, -0.25) is 4.79 Å². The van der Waals surface area contributed by atoms with Crippen LogP contribution in [-0.4, -0.2) is 40.7 Å². The summed E-state index contributed by atoms with van der Waals surface area (Å²) >= 11 is 0.989. The Hall–Kier alpha value is -2.22. The fourth-order valence-corrected chi connectivity index (χ4v) is 2.16. The van der Waals surface area contributed by atoms with Crippen molar-refractivity contribution in [3.05, 3.63) is 18.2 Å². The van der Waals surface area contributed by atoms with Crippen molar-refractivity contribution < 1.29 is 23.8 Å². The first-order valence-electron chi connectivity index (χ1n) is 6.00. The zero-order valence-corrected chi connectivity index (χ0v) is 12.5. The summed E-state index contributed by atoms with van der Waals surface area (Å²) in [5.74, 6) is 0.484. The molecule has 0 fully saturated rings. The van der Waals surface area contributed by atoms with Crippen LogP contribution in [0.5, 0.6) is 11.5 Å². The summed E-state index contributed by atoms with van der Waals surface area (Å²) in [6, 6.07) is 5.19. The fourth-order valence-electron chi connectivity index (χ4n) is 1.54. The molecule has 0 radical (unpaired) electrons. The normalized spacial score (nSPS) is 12.0. The average Bonchev–Trinajstić information content (AvgIpc) is 2.94. The van der Waals surface area contributed by atoms with Gasteiger partial charge < -0.3 is 19.0 Å². The van der Waals surface area contributed by atoms with Crippen molar-refractivity contribution >= 4 is 17.7 Å². The topological polar surface area (TPSA) is 94.7 Å². The van der Waals surface area contributed by atoms with Gasteiger partial charge in [0.25, 0.3) is 5.22 Å². The Bertz CT molecular complexity index is 643. The van der Waals surface area contributed by atoms with Gasteiger partial charge in [0.15, 0.2) is 11.5 Å². The fraction of sp³-hybridized carbons (Fsp3) is 0.308. The Kier molecular flexibility index (Phi) is 4.69. The lowest BCUT2D eigenvalue weighted by atomic mass is 10.2. The highest BCUT2D eigenvalue weighted by Gasteiger charge is 2.18. The number of aliphatic carboxylic acids is 1. The third-order valence-corrected chi connectivity index (χ3v) is 3.58. The van der Waals surface area contributed by atoms with Gasteiger partial charge in [0.1, 0.15) is 5.25 Å². The number of carboxylic acid groups (broad SMARTS) is 1. The molecule has 2 rings (SSSR count). The third kappa shape index (κ3) is 3.46. The van der Waals surface area contributed by atoms with Gasteiger partial charge in [-0.1, -0.05) is 11.8 Å². The second kappa shape index (κ2) is 6.49. The Balaban J connectivity index is 2.23. The van der Waals surface area contributed by atoms with E-state index in [0.717, 1.165) is 11.8 Å². The molecule has 1 unspecified atom stereocenters. The van der Waals surface area contributed by atoms with Gasteiger partial charge >= 0.3 is 5.97 Å². The second-order valence-corrected chi connectivity index (χ2v) is 5.33. The van der Waals surface area contributed by atoms with Gasteiger partial charge in [0.05, 0.1) is 14.2 Å². The maximum Gasteiger partial charge on any atom is 0.316 e. The van der Waals surface area contributed by atoms with Crippen molar-refractivity contribution in [3.8, 4) is 23.0 Å². The number of nitrogens with zero attached hydrogens (tertiary/aromatic N) is 2. The van der Waals surface area contributed by atoms with Crippen LogP contribution in [-0.2, 0) is 4.79 Å². The Morgan fingerprint density at radius 2 is 2.00 bits per heavy atom. The molecule has 7 nitrogen and oxygen atoms in total. The van der Waals surface area contributed by atoms with Crippen LogP contribution in [0.4, 0.5) is 0 Å². The summed E-state index contributed by atoms with van der Waals surface area (Å²) in [5.41, 5.74) is 0.662. The molecule has 0 amide bonds. The van der Waals surface area contributed by atoms with E-state index in [1.54, 1.807) is 32.2 Å². The van der Waals surface area contributed by atoms with E-state index in [0.29, 0.717) is 17.1 Å². The summed E-state index contributed by atoms with van der Waals surface area (Å²) in [6.07, 6.45) is 0. The van der Waals surface area contributed by atoms with Crippen LogP contribution in [0.2, 0.25) is 0 Å². The highest BCUT2D eigenvalue weighted by molar-refractivity contribution is 8.00. The lowest BCUT2D eigenvalue weighted by molar-refractivity contribution is -0.136. The summed E-state index contributed by atoms with van der Waals surface area (Å²) in [4.78, 5) is 10.8. The van der Waals surface area contributed by atoms with Crippen molar-refractivity contribution in [2.75, 3.05) is 14.2 Å². The lowest BCUT2D eigenvalue weighted by Crippen LogP contribution is -2.10. The Morgan fingerprint density at radius 1 is 1.29 bits per heavy atom.